The molecule has 0 aliphatic carbocycles. The quantitative estimate of drug-likeness (QED) is 0.279. The van der Waals surface area contributed by atoms with Crippen LogP contribution in [0.4, 0.5) is 0 Å². The van der Waals surface area contributed by atoms with Gasteiger partial charge in [-0.25, -0.2) is 0 Å². The summed E-state index contributed by atoms with van der Waals surface area (Å²) in [4.78, 5) is 0. The number of fused-ring (bicyclic) bond motifs is 3. The van der Waals surface area contributed by atoms with Gasteiger partial charge in [0.05, 0.1) is 32.8 Å². The molecule has 0 amide bonds. The zero-order chi connectivity index (χ0) is 21.9. The first-order chi connectivity index (χ1) is 15.7. The van der Waals surface area contributed by atoms with E-state index in [-0.39, 0.29) is 12.8 Å². The van der Waals surface area contributed by atoms with Gasteiger partial charge in [0.15, 0.2) is 0 Å². The first-order valence-electron chi connectivity index (χ1n) is 12.0. The Balaban J connectivity index is 0.00000259. The van der Waals surface area contributed by atoms with Gasteiger partial charge in [-0.15, -0.1) is 0 Å². The van der Waals surface area contributed by atoms with Crippen LogP contribution >= 0.6 is 0 Å². The lowest BCUT2D eigenvalue weighted by atomic mass is 9.56. The molecule has 0 atom stereocenters. The van der Waals surface area contributed by atoms with Crippen LogP contribution in [-0.4, -0.2) is 42.4 Å². The van der Waals surface area contributed by atoms with Crippen LogP contribution in [0.15, 0.2) is 91.0 Å². The molecule has 0 aromatic heterocycles. The second kappa shape index (κ2) is 9.80. The fourth-order valence-electron chi connectivity index (χ4n) is 6.10. The third-order valence-electron chi connectivity index (χ3n) is 8.17. The van der Waals surface area contributed by atoms with Gasteiger partial charge >= 0.3 is 0 Å². The molecule has 3 nitrogen and oxygen atoms in total. The van der Waals surface area contributed by atoms with Crippen LogP contribution in [0.3, 0.4) is 0 Å². The van der Waals surface area contributed by atoms with E-state index < -0.39 is 5.60 Å². The fraction of sp³-hybridized carbons (Fsp3) is 0.367. The molecule has 3 aliphatic rings. The zero-order valence-electron chi connectivity index (χ0n) is 19.8. The van der Waals surface area contributed by atoms with Gasteiger partial charge in [-0.2, -0.15) is 0 Å². The van der Waals surface area contributed by atoms with Gasteiger partial charge in [0.2, 0.25) is 0 Å². The number of aliphatic hydroxyl groups is 1. The van der Waals surface area contributed by atoms with Crippen LogP contribution in [0.1, 0.15) is 36.0 Å². The third-order valence-corrected chi connectivity index (χ3v) is 8.17. The molecule has 0 radical (unpaired) electrons. The largest absolute Gasteiger partial charge is 0.380 e. The lowest BCUT2D eigenvalue weighted by molar-refractivity contribution is -0.946. The molecule has 3 heterocycles. The Kier molecular flexibility index (Phi) is 7.04. The Labute approximate surface area is 199 Å². The molecule has 3 aromatic rings. The number of hydrogen-bond acceptors (Lipinski definition) is 2. The van der Waals surface area contributed by atoms with Crippen molar-refractivity contribution in [2.75, 3.05) is 32.8 Å². The smallest absolute Gasteiger partial charge is 0.121 e. The van der Waals surface area contributed by atoms with Crippen LogP contribution in [0.5, 0.6) is 0 Å². The van der Waals surface area contributed by atoms with Gasteiger partial charge in [0.1, 0.15) is 12.1 Å². The summed E-state index contributed by atoms with van der Waals surface area (Å²) < 4.78 is 7.17. The van der Waals surface area contributed by atoms with E-state index in [0.717, 1.165) is 67.7 Å². The maximum atomic E-state index is 12.4. The molecule has 0 saturated carbocycles. The molecule has 33 heavy (non-hydrogen) atoms. The van der Waals surface area contributed by atoms with Crippen LogP contribution < -0.4 is 0 Å². The molecule has 3 aromatic carbocycles. The normalized spacial score (nSPS) is 24.3. The van der Waals surface area contributed by atoms with E-state index in [9.17, 15) is 5.11 Å². The molecular weight excluding hydrogens is 406 g/mol. The van der Waals surface area contributed by atoms with E-state index in [0.29, 0.717) is 6.61 Å². The molecule has 3 aliphatic heterocycles. The van der Waals surface area contributed by atoms with Crippen molar-refractivity contribution in [1.29, 1.82) is 0 Å². The van der Waals surface area contributed by atoms with E-state index in [1.54, 1.807) is 0 Å². The minimum absolute atomic E-state index is 0. The zero-order valence-corrected chi connectivity index (χ0v) is 19.8. The fourth-order valence-corrected chi connectivity index (χ4v) is 6.10. The lowest BCUT2D eigenvalue weighted by Crippen LogP contribution is -2.67. The first-order valence-corrected chi connectivity index (χ1v) is 12.0. The van der Waals surface area contributed by atoms with Crippen LogP contribution in [0.2, 0.25) is 0 Å². The highest BCUT2D eigenvalue weighted by Crippen LogP contribution is 2.57. The monoisotopic (exact) mass is 443 g/mol. The standard InChI is InChI=1S/C29H34NO2.CH3/c31-29(26-12-6-2-7-13-26,27-14-8-3-9-15-27)28-16-19-30(20-17-28,21-18-28)22-23-32-24-25-10-4-1-5-11-25;/h1-15,31H,16-24H2;1H3/q+1;-1. The Morgan fingerprint density at radius 3 is 1.67 bits per heavy atom. The van der Waals surface area contributed by atoms with Gasteiger partial charge in [-0.1, -0.05) is 91.0 Å². The number of hydrogen-bond donors (Lipinski definition) is 1. The second-order valence-corrected chi connectivity index (χ2v) is 9.75. The molecular formula is C30H37NO2. The number of rotatable bonds is 8. The maximum Gasteiger partial charge on any atom is 0.121 e. The second-order valence-electron chi connectivity index (χ2n) is 9.75. The van der Waals surface area contributed by atoms with Crippen molar-refractivity contribution in [3.63, 3.8) is 0 Å². The Bertz CT molecular complexity index is 939. The van der Waals surface area contributed by atoms with Gasteiger partial charge < -0.3 is 21.8 Å². The maximum absolute atomic E-state index is 12.4. The molecule has 1 N–H and O–H groups in total. The van der Waals surface area contributed by atoms with Crippen LogP contribution in [0, 0.1) is 12.8 Å². The summed E-state index contributed by atoms with van der Waals surface area (Å²) in [6.45, 7) is 5.91. The minimum Gasteiger partial charge on any atom is -0.380 e. The third kappa shape index (κ3) is 4.38. The summed E-state index contributed by atoms with van der Waals surface area (Å²) >= 11 is 0. The van der Waals surface area contributed by atoms with Crippen molar-refractivity contribution in [2.45, 2.75) is 31.5 Å². The average molecular weight is 444 g/mol. The lowest BCUT2D eigenvalue weighted by Gasteiger charge is -2.60. The summed E-state index contributed by atoms with van der Waals surface area (Å²) in [7, 11) is 0. The topological polar surface area (TPSA) is 29.5 Å². The SMILES string of the molecule is OC(c1ccccc1)(c1ccccc1)C12CC[N+](CCOCc3ccccc3)(CC1)CC2.[CH3-]. The minimum atomic E-state index is -0.949. The van der Waals surface area contributed by atoms with Crippen molar-refractivity contribution in [2.24, 2.45) is 5.41 Å². The summed E-state index contributed by atoms with van der Waals surface area (Å²) in [5, 5.41) is 12.4. The summed E-state index contributed by atoms with van der Waals surface area (Å²) in [6.07, 6.45) is 3.14. The Morgan fingerprint density at radius 2 is 1.18 bits per heavy atom. The van der Waals surface area contributed by atoms with E-state index in [1.807, 2.05) is 18.2 Å². The molecule has 6 rings (SSSR count). The first kappa shape index (κ1) is 23.7. The highest BCUT2D eigenvalue weighted by Gasteiger charge is 2.60. The molecule has 3 saturated heterocycles. The van der Waals surface area contributed by atoms with E-state index in [2.05, 4.69) is 72.8 Å². The van der Waals surface area contributed by atoms with E-state index >= 15 is 0 Å². The van der Waals surface area contributed by atoms with Crippen molar-refractivity contribution in [3.8, 4) is 0 Å². The Hall–Kier alpha value is -2.46. The molecule has 174 valence electrons. The molecule has 0 spiro atoms. The van der Waals surface area contributed by atoms with Crippen LogP contribution in [-0.2, 0) is 16.9 Å². The van der Waals surface area contributed by atoms with Gasteiger partial charge in [0, 0.05) is 24.7 Å². The number of ether oxygens (including phenoxy) is 1. The van der Waals surface area contributed by atoms with Crippen molar-refractivity contribution in [1.82, 2.24) is 0 Å². The highest BCUT2D eigenvalue weighted by atomic mass is 16.5. The number of nitrogens with zero attached hydrogens (tertiary/aromatic N) is 1. The van der Waals surface area contributed by atoms with E-state index in [4.69, 9.17) is 4.74 Å². The van der Waals surface area contributed by atoms with E-state index in [1.165, 1.54) is 5.56 Å². The van der Waals surface area contributed by atoms with Gasteiger partial charge in [-0.3, -0.25) is 0 Å². The summed E-state index contributed by atoms with van der Waals surface area (Å²) in [6, 6.07) is 31.1. The van der Waals surface area contributed by atoms with Gasteiger partial charge in [0.25, 0.3) is 0 Å². The predicted octanol–water partition coefficient (Wildman–Crippen LogP) is 5.59. The highest BCUT2D eigenvalue weighted by molar-refractivity contribution is 5.39. The molecule has 3 fully saturated rings. The average Bonchev–Trinajstić information content (AvgIpc) is 2.89. The number of quaternary nitrogens is 1. The van der Waals surface area contributed by atoms with Crippen molar-refractivity contribution < 1.29 is 14.3 Å². The molecule has 2 bridgehead atoms. The van der Waals surface area contributed by atoms with Crippen LogP contribution in [0.25, 0.3) is 0 Å². The molecule has 0 unspecified atom stereocenters. The van der Waals surface area contributed by atoms with Crippen molar-refractivity contribution >= 4 is 0 Å². The Morgan fingerprint density at radius 1 is 0.727 bits per heavy atom. The van der Waals surface area contributed by atoms with Gasteiger partial charge in [-0.05, 0) is 16.7 Å². The summed E-state index contributed by atoms with van der Waals surface area (Å²) in [5.74, 6) is 0. The van der Waals surface area contributed by atoms with Crippen molar-refractivity contribution in [3.05, 3.63) is 115 Å². The molecule has 3 heteroatoms. The number of benzene rings is 3. The predicted molar refractivity (Wildman–Crippen MR) is 134 cm³/mol. The number of piperidine rings is 3. The summed E-state index contributed by atoms with van der Waals surface area (Å²) in [5.41, 5.74) is 2.23.